The molecule has 0 aromatic heterocycles. The van der Waals surface area contributed by atoms with Gasteiger partial charge in [0.2, 0.25) is 0 Å². The average Bonchev–Trinajstić information content (AvgIpc) is 2.70. The Hall–Kier alpha value is -1.18. The van der Waals surface area contributed by atoms with Crippen LogP contribution < -0.4 is 0 Å². The summed E-state index contributed by atoms with van der Waals surface area (Å²) in [6.45, 7) is 8.04. The van der Waals surface area contributed by atoms with E-state index in [-0.39, 0.29) is 11.3 Å². The summed E-state index contributed by atoms with van der Waals surface area (Å²) in [4.78, 5) is 0. The molecule has 0 nitrogen and oxygen atoms in total. The van der Waals surface area contributed by atoms with Crippen LogP contribution in [0.3, 0.4) is 0 Å². The van der Waals surface area contributed by atoms with E-state index in [4.69, 9.17) is 0 Å². The number of unbranched alkanes of at least 4 members (excludes halogenated alkanes) is 1. The predicted octanol–water partition coefficient (Wildman–Crippen LogP) is 8.70. The highest BCUT2D eigenvalue weighted by atomic mass is 19.2. The van der Waals surface area contributed by atoms with Crippen molar-refractivity contribution in [2.24, 2.45) is 17.8 Å². The molecule has 2 fully saturated rings. The first kappa shape index (κ1) is 22.5. The maximum Gasteiger partial charge on any atom is 0.162 e. The fourth-order valence-corrected chi connectivity index (χ4v) is 5.62. The summed E-state index contributed by atoms with van der Waals surface area (Å²) in [5.74, 6) is 1.37. The highest BCUT2D eigenvalue weighted by Crippen LogP contribution is 2.45. The summed E-state index contributed by atoms with van der Waals surface area (Å²) < 4.78 is 29.5. The lowest BCUT2D eigenvalue weighted by Gasteiger charge is -2.37. The Labute approximate surface area is 177 Å². The topological polar surface area (TPSA) is 0 Å². The summed E-state index contributed by atoms with van der Waals surface area (Å²) in [6.07, 6.45) is 17.0. The maximum atomic E-state index is 14.8. The van der Waals surface area contributed by atoms with Gasteiger partial charge in [-0.15, -0.1) is 0 Å². The fraction of sp³-hybridized carbons (Fsp3) is 0.704. The van der Waals surface area contributed by atoms with E-state index < -0.39 is 11.6 Å². The van der Waals surface area contributed by atoms with Gasteiger partial charge in [0.25, 0.3) is 0 Å². The van der Waals surface area contributed by atoms with Crippen molar-refractivity contribution in [3.8, 4) is 0 Å². The molecule has 162 valence electrons. The van der Waals surface area contributed by atoms with Crippen molar-refractivity contribution >= 4 is 0 Å². The van der Waals surface area contributed by atoms with Crippen molar-refractivity contribution in [2.45, 2.75) is 103 Å². The van der Waals surface area contributed by atoms with Crippen LogP contribution in [0.4, 0.5) is 8.78 Å². The molecule has 1 aromatic rings. The molecule has 0 bridgehead atoms. The summed E-state index contributed by atoms with van der Waals surface area (Å²) in [5, 5.41) is 0. The number of benzene rings is 1. The van der Waals surface area contributed by atoms with Gasteiger partial charge < -0.3 is 0 Å². The molecule has 0 N–H and O–H groups in total. The van der Waals surface area contributed by atoms with E-state index >= 15 is 0 Å². The van der Waals surface area contributed by atoms with Crippen LogP contribution in [0.5, 0.6) is 0 Å². The van der Waals surface area contributed by atoms with Gasteiger partial charge >= 0.3 is 0 Å². The van der Waals surface area contributed by atoms with Gasteiger partial charge in [-0.3, -0.25) is 0 Å². The first-order chi connectivity index (χ1) is 13.8. The summed E-state index contributed by atoms with van der Waals surface area (Å²) in [6, 6.07) is 3.67. The monoisotopic (exact) mass is 402 g/mol. The molecule has 0 spiro atoms. The molecular formula is C27H40F2. The van der Waals surface area contributed by atoms with Gasteiger partial charge in [0.05, 0.1) is 0 Å². The fourth-order valence-electron chi connectivity index (χ4n) is 5.62. The molecule has 0 aliphatic heterocycles. The van der Waals surface area contributed by atoms with E-state index in [9.17, 15) is 8.78 Å². The molecule has 0 amide bonds. The van der Waals surface area contributed by atoms with Crippen molar-refractivity contribution in [1.82, 2.24) is 0 Å². The van der Waals surface area contributed by atoms with Crippen LogP contribution in [0.1, 0.15) is 109 Å². The Morgan fingerprint density at radius 2 is 1.45 bits per heavy atom. The van der Waals surface area contributed by atoms with Crippen LogP contribution in [-0.2, 0) is 5.41 Å². The molecule has 29 heavy (non-hydrogen) atoms. The second-order valence-corrected chi connectivity index (χ2v) is 10.6. The number of rotatable bonds is 5. The molecule has 3 rings (SSSR count). The van der Waals surface area contributed by atoms with E-state index in [1.165, 1.54) is 51.4 Å². The normalized spacial score (nSPS) is 28.8. The van der Waals surface area contributed by atoms with Crippen LogP contribution in [0, 0.1) is 29.4 Å². The molecule has 0 unspecified atom stereocenters. The molecule has 2 saturated carbocycles. The van der Waals surface area contributed by atoms with E-state index in [0.29, 0.717) is 11.1 Å². The van der Waals surface area contributed by atoms with E-state index in [1.807, 2.05) is 32.9 Å². The van der Waals surface area contributed by atoms with Gasteiger partial charge in [-0.25, -0.2) is 8.78 Å². The van der Waals surface area contributed by atoms with Crippen LogP contribution in [0.25, 0.3) is 0 Å². The van der Waals surface area contributed by atoms with Crippen molar-refractivity contribution in [1.29, 1.82) is 0 Å². The van der Waals surface area contributed by atoms with Crippen LogP contribution >= 0.6 is 0 Å². The second kappa shape index (κ2) is 9.75. The predicted molar refractivity (Wildman–Crippen MR) is 119 cm³/mol. The van der Waals surface area contributed by atoms with Crippen molar-refractivity contribution in [2.75, 3.05) is 0 Å². The number of allylic oxidation sites excluding steroid dienone is 2. The molecule has 2 aliphatic carbocycles. The van der Waals surface area contributed by atoms with Gasteiger partial charge in [0.15, 0.2) is 11.6 Å². The summed E-state index contributed by atoms with van der Waals surface area (Å²) in [5.41, 5.74) is 0.724. The molecule has 2 heteroatoms. The number of hydrogen-bond donors (Lipinski definition) is 0. The standard InChI is InChI=1S/C27H40F2/c1-5-6-7-8-19-9-11-20(12-10-19)21-13-15-22(16-14-21)23-17-18-24(27(2,3)4)26(29)25(23)28/h7-8,17-22H,5-6,9-16H2,1-4H3. The van der Waals surface area contributed by atoms with Crippen molar-refractivity contribution in [3.05, 3.63) is 47.0 Å². The van der Waals surface area contributed by atoms with Gasteiger partial charge in [-0.2, -0.15) is 0 Å². The highest BCUT2D eigenvalue weighted by Gasteiger charge is 2.32. The van der Waals surface area contributed by atoms with E-state index in [0.717, 1.165) is 30.6 Å². The molecular weight excluding hydrogens is 362 g/mol. The smallest absolute Gasteiger partial charge is 0.162 e. The highest BCUT2D eigenvalue weighted by molar-refractivity contribution is 5.33. The Morgan fingerprint density at radius 1 is 0.862 bits per heavy atom. The third kappa shape index (κ3) is 5.50. The largest absolute Gasteiger partial charge is 0.203 e. The third-order valence-corrected chi connectivity index (χ3v) is 7.48. The minimum Gasteiger partial charge on any atom is -0.203 e. The Bertz CT molecular complexity index is 681. The first-order valence-electron chi connectivity index (χ1n) is 12.0. The number of halogens is 2. The van der Waals surface area contributed by atoms with Gasteiger partial charge in [-0.1, -0.05) is 58.4 Å². The van der Waals surface area contributed by atoms with Gasteiger partial charge in [-0.05, 0) is 98.0 Å². The molecule has 0 saturated heterocycles. The van der Waals surface area contributed by atoms with Gasteiger partial charge in [0.1, 0.15) is 0 Å². The molecule has 2 aliphatic rings. The summed E-state index contributed by atoms with van der Waals surface area (Å²) in [7, 11) is 0. The minimum absolute atomic E-state index is 0.183. The van der Waals surface area contributed by atoms with Gasteiger partial charge in [0, 0.05) is 0 Å². The van der Waals surface area contributed by atoms with Crippen LogP contribution in [0.2, 0.25) is 0 Å². The zero-order valence-corrected chi connectivity index (χ0v) is 18.9. The maximum absolute atomic E-state index is 14.8. The Kier molecular flexibility index (Phi) is 7.57. The SMILES string of the molecule is CCCC=CC1CCC(C2CCC(c3ccc(C(C)(C)C)c(F)c3F)CC2)CC1. The lowest BCUT2D eigenvalue weighted by Crippen LogP contribution is -2.25. The quantitative estimate of drug-likeness (QED) is 0.432. The first-order valence-corrected chi connectivity index (χ1v) is 12.0. The van der Waals surface area contributed by atoms with Crippen LogP contribution in [0.15, 0.2) is 24.3 Å². The van der Waals surface area contributed by atoms with Crippen LogP contribution in [-0.4, -0.2) is 0 Å². The molecule has 1 aromatic carbocycles. The number of hydrogen-bond acceptors (Lipinski definition) is 0. The second-order valence-electron chi connectivity index (χ2n) is 10.6. The zero-order chi connectivity index (χ0) is 21.0. The lowest BCUT2D eigenvalue weighted by atomic mass is 9.68. The molecule has 0 heterocycles. The Morgan fingerprint density at radius 3 is 2.00 bits per heavy atom. The van der Waals surface area contributed by atoms with Crippen molar-refractivity contribution in [3.63, 3.8) is 0 Å². The molecule has 0 radical (unpaired) electrons. The van der Waals surface area contributed by atoms with E-state index in [2.05, 4.69) is 19.1 Å². The zero-order valence-electron chi connectivity index (χ0n) is 18.9. The summed E-state index contributed by atoms with van der Waals surface area (Å²) >= 11 is 0. The minimum atomic E-state index is -0.633. The Balaban J connectivity index is 1.54. The average molecular weight is 403 g/mol. The van der Waals surface area contributed by atoms with Crippen molar-refractivity contribution < 1.29 is 8.78 Å². The van der Waals surface area contributed by atoms with E-state index in [1.54, 1.807) is 0 Å². The third-order valence-electron chi connectivity index (χ3n) is 7.48. The molecule has 0 atom stereocenters. The lowest BCUT2D eigenvalue weighted by molar-refractivity contribution is 0.170.